The topological polar surface area (TPSA) is 83.2 Å². The van der Waals surface area contributed by atoms with Gasteiger partial charge in [-0.15, -0.1) is 0 Å². The number of hydrogen-bond donors (Lipinski definition) is 2. The molecule has 2 unspecified atom stereocenters. The fourth-order valence-corrected chi connectivity index (χ4v) is 3.93. The highest BCUT2D eigenvalue weighted by atomic mass is 16.7. The van der Waals surface area contributed by atoms with E-state index in [2.05, 4.69) is 64.3 Å². The molecule has 7 nitrogen and oxygen atoms in total. The minimum Gasteiger partial charge on any atom is -0.349 e. The molecule has 0 saturated carbocycles. The first-order valence-corrected chi connectivity index (χ1v) is 9.81. The average Bonchev–Trinajstić information content (AvgIpc) is 3.11. The Kier molecular flexibility index (Phi) is 5.89. The van der Waals surface area contributed by atoms with Gasteiger partial charge < -0.3 is 9.47 Å². The molecule has 2 atom stereocenters. The number of benzene rings is 2. The molecule has 3 aromatic rings. The molecular weight excluding hydrogens is 368 g/mol. The molecule has 1 aliphatic rings. The second-order valence-corrected chi connectivity index (χ2v) is 7.50. The summed E-state index contributed by atoms with van der Waals surface area (Å²) in [6.45, 7) is 6.43. The van der Waals surface area contributed by atoms with Crippen molar-refractivity contribution in [2.45, 2.75) is 39.3 Å². The van der Waals surface area contributed by atoms with E-state index in [9.17, 15) is 4.79 Å². The fraction of sp³-hybridized carbons (Fsp3) is 0.364. The number of aromatic nitrogens is 3. The number of aromatic amines is 2. The van der Waals surface area contributed by atoms with E-state index >= 15 is 0 Å². The molecule has 29 heavy (non-hydrogen) atoms. The van der Waals surface area contributed by atoms with Gasteiger partial charge in [0.2, 0.25) is 0 Å². The summed E-state index contributed by atoms with van der Waals surface area (Å²) in [7, 11) is 0. The van der Waals surface area contributed by atoms with Crippen LogP contribution in [0, 0.1) is 13.8 Å². The van der Waals surface area contributed by atoms with Gasteiger partial charge in [-0.2, -0.15) is 5.10 Å². The SMILES string of the molecule is Cc1cc(C)cc(COC2OCCN(Cc3n[nH]c(=O)[nH]3)C2c2ccccc2)c1. The van der Waals surface area contributed by atoms with Crippen LogP contribution in [-0.2, 0) is 22.6 Å². The summed E-state index contributed by atoms with van der Waals surface area (Å²) in [6.07, 6.45) is -0.419. The van der Waals surface area contributed by atoms with Crippen LogP contribution in [0.5, 0.6) is 0 Å². The number of hydrogen-bond acceptors (Lipinski definition) is 5. The zero-order valence-electron chi connectivity index (χ0n) is 16.7. The van der Waals surface area contributed by atoms with Gasteiger partial charge in [-0.1, -0.05) is 59.7 Å². The predicted octanol–water partition coefficient (Wildman–Crippen LogP) is 2.83. The Bertz CT molecular complexity index is 978. The largest absolute Gasteiger partial charge is 0.349 e. The number of H-pyrrole nitrogens is 2. The van der Waals surface area contributed by atoms with Gasteiger partial charge in [0.1, 0.15) is 5.82 Å². The van der Waals surface area contributed by atoms with Gasteiger partial charge in [-0.05, 0) is 25.0 Å². The van der Waals surface area contributed by atoms with E-state index in [4.69, 9.17) is 9.47 Å². The van der Waals surface area contributed by atoms with Crippen molar-refractivity contribution in [3.05, 3.63) is 87.1 Å². The third-order valence-corrected chi connectivity index (χ3v) is 5.05. The number of morpholine rings is 1. The van der Waals surface area contributed by atoms with Crippen molar-refractivity contribution in [3.63, 3.8) is 0 Å². The number of aryl methyl sites for hydroxylation is 2. The molecule has 2 aromatic carbocycles. The lowest BCUT2D eigenvalue weighted by molar-refractivity contribution is -0.218. The third kappa shape index (κ3) is 4.82. The second kappa shape index (κ2) is 8.73. The van der Waals surface area contributed by atoms with Crippen LogP contribution in [0.4, 0.5) is 0 Å². The molecule has 1 aliphatic heterocycles. The molecule has 1 aromatic heterocycles. The Morgan fingerprint density at radius 1 is 1.17 bits per heavy atom. The lowest BCUT2D eigenvalue weighted by atomic mass is 10.0. The number of nitrogens with zero attached hydrogens (tertiary/aromatic N) is 2. The highest BCUT2D eigenvalue weighted by molar-refractivity contribution is 5.28. The molecule has 0 radical (unpaired) electrons. The molecule has 0 amide bonds. The smallest absolute Gasteiger partial charge is 0.340 e. The minimum absolute atomic E-state index is 0.101. The zero-order valence-corrected chi connectivity index (χ0v) is 16.7. The summed E-state index contributed by atoms with van der Waals surface area (Å²) >= 11 is 0. The van der Waals surface area contributed by atoms with Gasteiger partial charge >= 0.3 is 5.69 Å². The van der Waals surface area contributed by atoms with Crippen LogP contribution in [0.15, 0.2) is 53.3 Å². The van der Waals surface area contributed by atoms with E-state index in [1.54, 1.807) is 0 Å². The summed E-state index contributed by atoms with van der Waals surface area (Å²) in [5, 5.41) is 6.49. The zero-order chi connectivity index (χ0) is 20.2. The first-order chi connectivity index (χ1) is 14.1. The van der Waals surface area contributed by atoms with Gasteiger partial charge in [0.25, 0.3) is 0 Å². The maximum atomic E-state index is 11.4. The molecule has 1 saturated heterocycles. The van der Waals surface area contributed by atoms with E-state index < -0.39 is 6.29 Å². The van der Waals surface area contributed by atoms with E-state index in [1.807, 2.05) is 18.2 Å². The van der Waals surface area contributed by atoms with Crippen molar-refractivity contribution in [1.82, 2.24) is 20.1 Å². The van der Waals surface area contributed by atoms with Crippen molar-refractivity contribution in [1.29, 1.82) is 0 Å². The summed E-state index contributed by atoms with van der Waals surface area (Å²) in [4.78, 5) is 16.4. The Morgan fingerprint density at radius 3 is 2.62 bits per heavy atom. The van der Waals surface area contributed by atoms with Crippen molar-refractivity contribution >= 4 is 0 Å². The number of nitrogens with one attached hydrogen (secondary N) is 2. The van der Waals surface area contributed by atoms with E-state index in [0.717, 1.165) is 17.7 Å². The maximum Gasteiger partial charge on any atom is 0.340 e. The Hall–Kier alpha value is -2.74. The lowest BCUT2D eigenvalue weighted by Crippen LogP contribution is -2.46. The Morgan fingerprint density at radius 2 is 1.93 bits per heavy atom. The van der Waals surface area contributed by atoms with E-state index in [0.29, 0.717) is 25.6 Å². The molecule has 0 spiro atoms. The highest BCUT2D eigenvalue weighted by Gasteiger charge is 2.35. The van der Waals surface area contributed by atoms with Crippen LogP contribution in [0.1, 0.15) is 34.1 Å². The van der Waals surface area contributed by atoms with Crippen LogP contribution >= 0.6 is 0 Å². The third-order valence-electron chi connectivity index (χ3n) is 5.05. The predicted molar refractivity (Wildman–Crippen MR) is 109 cm³/mol. The van der Waals surface area contributed by atoms with E-state index in [-0.39, 0.29) is 11.7 Å². The summed E-state index contributed by atoms with van der Waals surface area (Å²) in [5.41, 5.74) is 4.38. The van der Waals surface area contributed by atoms with Crippen molar-refractivity contribution in [3.8, 4) is 0 Å². The standard InChI is InChI=1S/C22H26N4O3/c1-15-10-16(2)12-17(11-15)14-29-21-20(18-6-4-3-5-7-18)26(8-9-28-21)13-19-23-22(27)25-24-19/h3-7,10-12,20-21H,8-9,13-14H2,1-2H3,(H2,23,24,25,27). The summed E-state index contributed by atoms with van der Waals surface area (Å²) in [6, 6.07) is 16.5. The van der Waals surface area contributed by atoms with Crippen molar-refractivity contribution in [2.75, 3.05) is 13.2 Å². The van der Waals surface area contributed by atoms with Crippen LogP contribution < -0.4 is 5.69 Å². The van der Waals surface area contributed by atoms with E-state index in [1.165, 1.54) is 11.1 Å². The van der Waals surface area contributed by atoms with Gasteiger partial charge in [-0.25, -0.2) is 9.89 Å². The molecule has 4 rings (SSSR count). The van der Waals surface area contributed by atoms with Gasteiger partial charge in [0.15, 0.2) is 6.29 Å². The minimum atomic E-state index is -0.419. The summed E-state index contributed by atoms with van der Waals surface area (Å²) in [5.74, 6) is 0.603. The fourth-order valence-electron chi connectivity index (χ4n) is 3.93. The van der Waals surface area contributed by atoms with Gasteiger partial charge in [-0.3, -0.25) is 9.88 Å². The van der Waals surface area contributed by atoms with Crippen LogP contribution in [0.3, 0.4) is 0 Å². The average molecular weight is 394 g/mol. The maximum absolute atomic E-state index is 11.4. The molecule has 152 valence electrons. The Balaban J connectivity index is 1.56. The second-order valence-electron chi connectivity index (χ2n) is 7.50. The van der Waals surface area contributed by atoms with Gasteiger partial charge in [0, 0.05) is 6.54 Å². The first-order valence-electron chi connectivity index (χ1n) is 9.81. The molecule has 2 heterocycles. The number of ether oxygens (including phenoxy) is 2. The molecular formula is C22H26N4O3. The van der Waals surface area contributed by atoms with Crippen LogP contribution in [-0.4, -0.2) is 39.5 Å². The Labute approximate surface area is 169 Å². The molecule has 2 N–H and O–H groups in total. The normalized spacial score (nSPS) is 20.1. The lowest BCUT2D eigenvalue weighted by Gasteiger charge is -2.40. The first kappa shape index (κ1) is 19.6. The van der Waals surface area contributed by atoms with Crippen molar-refractivity contribution < 1.29 is 9.47 Å². The quantitative estimate of drug-likeness (QED) is 0.672. The molecule has 7 heteroatoms. The molecule has 0 bridgehead atoms. The van der Waals surface area contributed by atoms with Crippen LogP contribution in [0.25, 0.3) is 0 Å². The van der Waals surface area contributed by atoms with Gasteiger partial charge in [0.05, 0.1) is 25.8 Å². The summed E-state index contributed by atoms with van der Waals surface area (Å²) < 4.78 is 12.3. The van der Waals surface area contributed by atoms with Crippen LogP contribution in [0.2, 0.25) is 0 Å². The number of rotatable bonds is 6. The monoisotopic (exact) mass is 394 g/mol. The molecule has 1 fully saturated rings. The molecule has 0 aliphatic carbocycles. The highest BCUT2D eigenvalue weighted by Crippen LogP contribution is 2.31. The van der Waals surface area contributed by atoms with Crippen molar-refractivity contribution in [2.24, 2.45) is 0 Å².